The lowest BCUT2D eigenvalue weighted by Gasteiger charge is -2.36. The summed E-state index contributed by atoms with van der Waals surface area (Å²) in [7, 11) is 0. The molecule has 0 unspecified atom stereocenters. The van der Waals surface area contributed by atoms with Crippen LogP contribution in [0.15, 0.2) is 48.5 Å². The molecule has 0 aliphatic carbocycles. The Balaban J connectivity index is 1.79. The van der Waals surface area contributed by atoms with Crippen LogP contribution in [-0.2, 0) is 26.2 Å². The molecule has 2 aromatic rings. The van der Waals surface area contributed by atoms with Gasteiger partial charge in [0.15, 0.2) is 0 Å². The zero-order valence-corrected chi connectivity index (χ0v) is 15.7. The van der Waals surface area contributed by atoms with Gasteiger partial charge < -0.3 is 15.2 Å². The summed E-state index contributed by atoms with van der Waals surface area (Å²) < 4.78 is 5.48. The summed E-state index contributed by atoms with van der Waals surface area (Å²) in [6.07, 6.45) is 1.68. The fourth-order valence-electron chi connectivity index (χ4n) is 3.44. The van der Waals surface area contributed by atoms with Crippen LogP contribution in [0.25, 0.3) is 0 Å². The number of rotatable bonds is 6. The van der Waals surface area contributed by atoms with E-state index in [1.807, 2.05) is 30.3 Å². The molecule has 142 valence electrons. The zero-order valence-electron chi connectivity index (χ0n) is 14.9. The molecule has 1 amide bonds. The maximum atomic E-state index is 13.2. The van der Waals surface area contributed by atoms with Crippen molar-refractivity contribution in [3.05, 3.63) is 64.7 Å². The fraction of sp³-hybridized carbons (Fsp3) is 0.333. The minimum Gasteiger partial charge on any atom is -0.481 e. The standard InChI is InChI=1S/C21H22ClNO4/c22-18-4-2-1-3-17(18)21(11-13-27-14-12-21)20(26)23-16-8-5-15(6-9-16)7-10-19(24)25/h1-6,8-9H,7,10-14H2,(H,23,26)(H,24,25). The van der Waals surface area contributed by atoms with Gasteiger partial charge in [0.05, 0.1) is 5.41 Å². The molecule has 27 heavy (non-hydrogen) atoms. The second-order valence-electron chi connectivity index (χ2n) is 6.72. The van der Waals surface area contributed by atoms with Crippen LogP contribution in [0.5, 0.6) is 0 Å². The highest BCUT2D eigenvalue weighted by atomic mass is 35.5. The SMILES string of the molecule is O=C(O)CCc1ccc(NC(=O)C2(c3ccccc3Cl)CCOCC2)cc1. The zero-order chi connectivity index (χ0) is 19.3. The molecule has 3 rings (SSSR count). The Morgan fingerprint density at radius 2 is 1.74 bits per heavy atom. The Morgan fingerprint density at radius 3 is 2.37 bits per heavy atom. The molecular weight excluding hydrogens is 366 g/mol. The molecule has 1 saturated heterocycles. The molecule has 0 atom stereocenters. The minimum atomic E-state index is -0.825. The molecule has 1 fully saturated rings. The molecule has 1 aliphatic rings. The second kappa shape index (κ2) is 8.55. The number of benzene rings is 2. The average Bonchev–Trinajstić information content (AvgIpc) is 2.68. The van der Waals surface area contributed by atoms with Gasteiger partial charge in [-0.1, -0.05) is 41.9 Å². The summed E-state index contributed by atoms with van der Waals surface area (Å²) in [4.78, 5) is 23.9. The number of amides is 1. The number of carbonyl (C=O) groups excluding carboxylic acids is 1. The maximum Gasteiger partial charge on any atom is 0.303 e. The molecule has 2 N–H and O–H groups in total. The number of hydrogen-bond donors (Lipinski definition) is 2. The van der Waals surface area contributed by atoms with E-state index < -0.39 is 11.4 Å². The Bertz CT molecular complexity index is 813. The summed E-state index contributed by atoms with van der Waals surface area (Å²) in [6.45, 7) is 1.01. The molecular formula is C21H22ClNO4. The van der Waals surface area contributed by atoms with Gasteiger partial charge in [0.1, 0.15) is 0 Å². The van der Waals surface area contributed by atoms with Crippen LogP contribution in [0.3, 0.4) is 0 Å². The van der Waals surface area contributed by atoms with Crippen molar-refractivity contribution in [2.24, 2.45) is 0 Å². The molecule has 6 heteroatoms. The number of anilines is 1. The monoisotopic (exact) mass is 387 g/mol. The largest absolute Gasteiger partial charge is 0.481 e. The number of carbonyl (C=O) groups is 2. The van der Waals surface area contributed by atoms with Crippen molar-refractivity contribution in [1.82, 2.24) is 0 Å². The highest BCUT2D eigenvalue weighted by Gasteiger charge is 2.43. The van der Waals surface area contributed by atoms with Crippen molar-refractivity contribution in [2.45, 2.75) is 31.1 Å². The van der Waals surface area contributed by atoms with Gasteiger partial charge in [0.25, 0.3) is 0 Å². The van der Waals surface area contributed by atoms with Crippen molar-refractivity contribution >= 4 is 29.2 Å². The van der Waals surface area contributed by atoms with Gasteiger partial charge in [0.2, 0.25) is 5.91 Å². The van der Waals surface area contributed by atoms with Crippen molar-refractivity contribution < 1.29 is 19.4 Å². The van der Waals surface area contributed by atoms with Crippen LogP contribution in [0.2, 0.25) is 5.02 Å². The first-order valence-electron chi connectivity index (χ1n) is 8.96. The van der Waals surface area contributed by atoms with Gasteiger partial charge in [-0.2, -0.15) is 0 Å². The summed E-state index contributed by atoms with van der Waals surface area (Å²) in [5.74, 6) is -0.925. The first kappa shape index (κ1) is 19.4. The third-order valence-electron chi connectivity index (χ3n) is 5.01. The quantitative estimate of drug-likeness (QED) is 0.784. The summed E-state index contributed by atoms with van der Waals surface area (Å²) in [5.41, 5.74) is 1.70. The molecule has 0 aromatic heterocycles. The Morgan fingerprint density at radius 1 is 1.07 bits per heavy atom. The molecule has 0 bridgehead atoms. The van der Waals surface area contributed by atoms with Gasteiger partial charge in [-0.05, 0) is 48.6 Å². The Labute approximate surface area is 163 Å². The van der Waals surface area contributed by atoms with E-state index in [2.05, 4.69) is 5.32 Å². The van der Waals surface area contributed by atoms with Crippen LogP contribution < -0.4 is 5.32 Å². The van der Waals surface area contributed by atoms with Gasteiger partial charge in [-0.3, -0.25) is 9.59 Å². The number of ether oxygens (including phenoxy) is 1. The van der Waals surface area contributed by atoms with E-state index >= 15 is 0 Å². The van der Waals surface area contributed by atoms with E-state index in [0.29, 0.717) is 43.2 Å². The fourth-order valence-corrected chi connectivity index (χ4v) is 3.76. The number of aryl methyl sites for hydroxylation is 1. The third-order valence-corrected chi connectivity index (χ3v) is 5.34. The second-order valence-corrected chi connectivity index (χ2v) is 7.13. The van der Waals surface area contributed by atoms with Gasteiger partial charge in [0, 0.05) is 30.3 Å². The number of nitrogens with one attached hydrogen (secondary N) is 1. The smallest absolute Gasteiger partial charge is 0.303 e. The van der Waals surface area contributed by atoms with Crippen molar-refractivity contribution in [2.75, 3.05) is 18.5 Å². The van der Waals surface area contributed by atoms with Crippen LogP contribution in [0.1, 0.15) is 30.4 Å². The van der Waals surface area contributed by atoms with Crippen LogP contribution in [0, 0.1) is 0 Å². The van der Waals surface area contributed by atoms with Gasteiger partial charge in [-0.25, -0.2) is 0 Å². The first-order chi connectivity index (χ1) is 13.0. The number of carboxylic acid groups (broad SMARTS) is 1. The highest BCUT2D eigenvalue weighted by Crippen LogP contribution is 2.39. The van der Waals surface area contributed by atoms with E-state index in [4.69, 9.17) is 21.4 Å². The summed E-state index contributed by atoms with van der Waals surface area (Å²) >= 11 is 6.41. The van der Waals surface area contributed by atoms with Crippen molar-refractivity contribution in [1.29, 1.82) is 0 Å². The lowest BCUT2D eigenvalue weighted by atomic mass is 9.73. The Hall–Kier alpha value is -2.37. The number of hydrogen-bond acceptors (Lipinski definition) is 3. The molecule has 0 saturated carbocycles. The highest BCUT2D eigenvalue weighted by molar-refractivity contribution is 6.31. The van der Waals surface area contributed by atoms with E-state index in [-0.39, 0.29) is 12.3 Å². The number of halogens is 1. The van der Waals surface area contributed by atoms with Crippen molar-refractivity contribution in [3.8, 4) is 0 Å². The van der Waals surface area contributed by atoms with Crippen LogP contribution in [0.4, 0.5) is 5.69 Å². The van der Waals surface area contributed by atoms with E-state index in [9.17, 15) is 9.59 Å². The van der Waals surface area contributed by atoms with Crippen molar-refractivity contribution in [3.63, 3.8) is 0 Å². The van der Waals surface area contributed by atoms with E-state index in [1.165, 1.54) is 0 Å². The third kappa shape index (κ3) is 4.49. The van der Waals surface area contributed by atoms with Gasteiger partial charge in [-0.15, -0.1) is 0 Å². The Kier molecular flexibility index (Phi) is 6.14. The molecule has 5 nitrogen and oxygen atoms in total. The maximum absolute atomic E-state index is 13.2. The van der Waals surface area contributed by atoms with E-state index in [1.54, 1.807) is 18.2 Å². The number of aliphatic carboxylic acids is 1. The minimum absolute atomic E-state index is 0.0846. The van der Waals surface area contributed by atoms with Gasteiger partial charge >= 0.3 is 5.97 Å². The molecule has 1 heterocycles. The summed E-state index contributed by atoms with van der Waals surface area (Å²) in [5, 5.41) is 12.4. The summed E-state index contributed by atoms with van der Waals surface area (Å²) in [6, 6.07) is 14.7. The molecule has 1 aliphatic heterocycles. The molecule has 2 aromatic carbocycles. The molecule has 0 spiro atoms. The molecule has 0 radical (unpaired) electrons. The lowest BCUT2D eigenvalue weighted by Crippen LogP contribution is -2.45. The average molecular weight is 388 g/mol. The topological polar surface area (TPSA) is 75.6 Å². The lowest BCUT2D eigenvalue weighted by molar-refractivity contribution is -0.137. The predicted molar refractivity (Wildman–Crippen MR) is 104 cm³/mol. The van der Waals surface area contributed by atoms with Crippen LogP contribution in [-0.4, -0.2) is 30.2 Å². The first-order valence-corrected chi connectivity index (χ1v) is 9.34. The van der Waals surface area contributed by atoms with Crippen LogP contribution >= 0.6 is 11.6 Å². The normalized spacial score (nSPS) is 15.9. The predicted octanol–water partition coefficient (Wildman–Crippen LogP) is 4.04. The van der Waals surface area contributed by atoms with E-state index in [0.717, 1.165) is 11.1 Å². The number of carboxylic acids is 1.